The van der Waals surface area contributed by atoms with E-state index in [0.29, 0.717) is 36.4 Å². The minimum atomic E-state index is -0.917. The lowest BCUT2D eigenvalue weighted by molar-refractivity contribution is -0.153. The first-order chi connectivity index (χ1) is 11.4. The largest absolute Gasteiger partial charge is 0.493 e. The van der Waals surface area contributed by atoms with Gasteiger partial charge in [-0.3, -0.25) is 9.59 Å². The Morgan fingerprint density at radius 2 is 2.17 bits per heavy atom. The molecule has 0 radical (unpaired) electrons. The molecule has 7 nitrogen and oxygen atoms in total. The number of methoxy groups -OCH3 is 1. The molecule has 1 saturated heterocycles. The van der Waals surface area contributed by atoms with Crippen molar-refractivity contribution in [3.05, 3.63) is 23.8 Å². The van der Waals surface area contributed by atoms with Crippen molar-refractivity contribution in [2.24, 2.45) is 5.41 Å². The van der Waals surface area contributed by atoms with Crippen molar-refractivity contribution in [1.29, 1.82) is 5.26 Å². The van der Waals surface area contributed by atoms with Crippen LogP contribution in [-0.2, 0) is 9.59 Å². The number of nitriles is 1. The van der Waals surface area contributed by atoms with E-state index in [-0.39, 0.29) is 19.1 Å². The van der Waals surface area contributed by atoms with Crippen molar-refractivity contribution < 1.29 is 24.2 Å². The van der Waals surface area contributed by atoms with E-state index in [1.165, 1.54) is 18.1 Å². The van der Waals surface area contributed by atoms with Gasteiger partial charge in [-0.15, -0.1) is 0 Å². The van der Waals surface area contributed by atoms with Crippen LogP contribution in [0, 0.1) is 16.7 Å². The molecule has 1 aromatic rings. The zero-order valence-corrected chi connectivity index (χ0v) is 13.7. The molecule has 7 heteroatoms. The van der Waals surface area contributed by atoms with Crippen LogP contribution in [0.4, 0.5) is 0 Å². The Balaban J connectivity index is 2.01. The van der Waals surface area contributed by atoms with Crippen LogP contribution < -0.4 is 9.47 Å². The van der Waals surface area contributed by atoms with Crippen LogP contribution in [0.15, 0.2) is 18.2 Å². The number of piperidine rings is 1. The van der Waals surface area contributed by atoms with E-state index in [0.717, 1.165) is 0 Å². The molecule has 1 unspecified atom stereocenters. The predicted molar refractivity (Wildman–Crippen MR) is 84.8 cm³/mol. The number of carboxylic acid groups (broad SMARTS) is 1. The fraction of sp³-hybridized carbons (Fsp3) is 0.471. The molecular formula is C17H20N2O5. The Labute approximate surface area is 140 Å². The summed E-state index contributed by atoms with van der Waals surface area (Å²) >= 11 is 0. The van der Waals surface area contributed by atoms with Gasteiger partial charge in [-0.25, -0.2) is 0 Å². The Kier molecular flexibility index (Phi) is 5.29. The minimum Gasteiger partial charge on any atom is -0.493 e. The molecule has 1 aliphatic rings. The molecule has 2 rings (SSSR count). The quantitative estimate of drug-likeness (QED) is 0.880. The smallest absolute Gasteiger partial charge is 0.311 e. The van der Waals surface area contributed by atoms with Crippen molar-refractivity contribution in [3.63, 3.8) is 0 Å². The van der Waals surface area contributed by atoms with E-state index < -0.39 is 11.4 Å². The van der Waals surface area contributed by atoms with E-state index in [2.05, 4.69) is 0 Å². The molecule has 1 heterocycles. The molecule has 1 atom stereocenters. The molecule has 1 N–H and O–H groups in total. The summed E-state index contributed by atoms with van der Waals surface area (Å²) in [6, 6.07) is 6.67. The summed E-state index contributed by atoms with van der Waals surface area (Å²) in [5.74, 6) is -0.429. The summed E-state index contributed by atoms with van der Waals surface area (Å²) in [6.45, 7) is 2.14. The third-order valence-electron chi connectivity index (χ3n) is 4.21. The molecule has 1 aliphatic heterocycles. The van der Waals surface area contributed by atoms with Gasteiger partial charge < -0.3 is 19.5 Å². The highest BCUT2D eigenvalue weighted by Gasteiger charge is 2.39. The summed E-state index contributed by atoms with van der Waals surface area (Å²) in [7, 11) is 1.45. The molecule has 1 amide bonds. The summed E-state index contributed by atoms with van der Waals surface area (Å²) in [5.41, 5.74) is -0.487. The first-order valence-electron chi connectivity index (χ1n) is 7.62. The number of amides is 1. The monoisotopic (exact) mass is 332 g/mol. The Morgan fingerprint density at radius 1 is 1.42 bits per heavy atom. The van der Waals surface area contributed by atoms with Gasteiger partial charge in [0, 0.05) is 19.2 Å². The van der Waals surface area contributed by atoms with Crippen molar-refractivity contribution in [3.8, 4) is 17.6 Å². The Bertz CT molecular complexity index is 682. The lowest BCUT2D eigenvalue weighted by Gasteiger charge is -2.37. The van der Waals surface area contributed by atoms with Crippen molar-refractivity contribution in [2.45, 2.75) is 19.8 Å². The third-order valence-corrected chi connectivity index (χ3v) is 4.21. The normalized spacial score (nSPS) is 20.1. The number of carbonyl (C=O) groups excluding carboxylic acids is 1. The lowest BCUT2D eigenvalue weighted by Crippen LogP contribution is -2.49. The second kappa shape index (κ2) is 7.21. The molecule has 0 aromatic heterocycles. The number of carboxylic acids is 1. The van der Waals surface area contributed by atoms with Gasteiger partial charge in [-0.1, -0.05) is 0 Å². The number of carbonyl (C=O) groups is 2. The fourth-order valence-corrected chi connectivity index (χ4v) is 2.71. The number of likely N-dealkylation sites (tertiary alicyclic amines) is 1. The van der Waals surface area contributed by atoms with Gasteiger partial charge in [0.15, 0.2) is 18.1 Å². The van der Waals surface area contributed by atoms with Gasteiger partial charge in [0.1, 0.15) is 0 Å². The van der Waals surface area contributed by atoms with Crippen molar-refractivity contribution >= 4 is 11.9 Å². The molecule has 0 bridgehead atoms. The van der Waals surface area contributed by atoms with Crippen LogP contribution in [0.2, 0.25) is 0 Å². The van der Waals surface area contributed by atoms with Crippen LogP contribution in [0.1, 0.15) is 25.3 Å². The molecule has 0 aliphatic carbocycles. The van der Waals surface area contributed by atoms with Crippen LogP contribution in [0.5, 0.6) is 11.5 Å². The lowest BCUT2D eigenvalue weighted by atomic mass is 9.82. The van der Waals surface area contributed by atoms with Gasteiger partial charge in [0.2, 0.25) is 0 Å². The van der Waals surface area contributed by atoms with E-state index >= 15 is 0 Å². The zero-order chi connectivity index (χ0) is 17.7. The predicted octanol–water partition coefficient (Wildman–Crippen LogP) is 1.66. The maximum atomic E-state index is 12.3. The first-order valence-corrected chi connectivity index (χ1v) is 7.62. The summed E-state index contributed by atoms with van der Waals surface area (Å²) < 4.78 is 10.6. The van der Waals surface area contributed by atoms with Crippen LogP contribution in [0.25, 0.3) is 0 Å². The second-order valence-corrected chi connectivity index (χ2v) is 6.05. The molecule has 0 spiro atoms. The van der Waals surface area contributed by atoms with Gasteiger partial charge in [0.05, 0.1) is 24.2 Å². The zero-order valence-electron chi connectivity index (χ0n) is 13.7. The van der Waals surface area contributed by atoms with E-state index in [1.807, 2.05) is 6.07 Å². The average molecular weight is 332 g/mol. The number of ether oxygens (including phenoxy) is 2. The number of nitrogens with zero attached hydrogens (tertiary/aromatic N) is 2. The van der Waals surface area contributed by atoms with Crippen molar-refractivity contribution in [2.75, 3.05) is 26.8 Å². The number of benzene rings is 1. The molecular weight excluding hydrogens is 312 g/mol. The summed E-state index contributed by atoms with van der Waals surface area (Å²) in [5, 5.41) is 18.2. The average Bonchev–Trinajstić information content (AvgIpc) is 2.59. The maximum absolute atomic E-state index is 12.3. The second-order valence-electron chi connectivity index (χ2n) is 6.05. The van der Waals surface area contributed by atoms with Crippen LogP contribution >= 0.6 is 0 Å². The highest BCUT2D eigenvalue weighted by Crippen LogP contribution is 2.30. The SMILES string of the molecule is COc1cc(C#N)ccc1OCC(=O)N1CCCC(C)(C(=O)O)C1. The Morgan fingerprint density at radius 3 is 2.79 bits per heavy atom. The standard InChI is InChI=1S/C17H20N2O5/c1-17(16(21)22)6-3-7-19(11-17)15(20)10-24-13-5-4-12(9-18)8-14(13)23-2/h4-5,8H,3,6-7,10-11H2,1-2H3,(H,21,22). The van der Waals surface area contributed by atoms with E-state index in [9.17, 15) is 14.7 Å². The molecule has 1 aromatic carbocycles. The minimum absolute atomic E-state index is 0.176. The molecule has 24 heavy (non-hydrogen) atoms. The van der Waals surface area contributed by atoms with Crippen LogP contribution in [-0.4, -0.2) is 48.7 Å². The highest BCUT2D eigenvalue weighted by atomic mass is 16.5. The van der Waals surface area contributed by atoms with Gasteiger partial charge >= 0.3 is 5.97 Å². The van der Waals surface area contributed by atoms with Gasteiger partial charge in [-0.2, -0.15) is 5.26 Å². The van der Waals surface area contributed by atoms with Gasteiger partial charge in [0.25, 0.3) is 5.91 Å². The van der Waals surface area contributed by atoms with E-state index in [4.69, 9.17) is 14.7 Å². The summed E-state index contributed by atoms with van der Waals surface area (Å²) in [6.07, 6.45) is 1.20. The molecule has 128 valence electrons. The number of hydrogen-bond acceptors (Lipinski definition) is 5. The molecule has 0 saturated carbocycles. The number of hydrogen-bond donors (Lipinski definition) is 1. The molecule has 1 fully saturated rings. The highest BCUT2D eigenvalue weighted by molar-refractivity contribution is 5.80. The third kappa shape index (κ3) is 3.77. The first kappa shape index (κ1) is 17.6. The van der Waals surface area contributed by atoms with E-state index in [1.54, 1.807) is 19.1 Å². The number of aliphatic carboxylic acids is 1. The number of rotatable bonds is 5. The Hall–Kier alpha value is -2.75. The topological polar surface area (TPSA) is 99.9 Å². The summed E-state index contributed by atoms with van der Waals surface area (Å²) in [4.78, 5) is 25.2. The fourth-order valence-electron chi connectivity index (χ4n) is 2.71. The maximum Gasteiger partial charge on any atom is 0.311 e. The van der Waals surface area contributed by atoms with Crippen molar-refractivity contribution in [1.82, 2.24) is 4.90 Å². The van der Waals surface area contributed by atoms with Gasteiger partial charge in [-0.05, 0) is 31.9 Å². The van der Waals surface area contributed by atoms with Crippen LogP contribution in [0.3, 0.4) is 0 Å².